The summed E-state index contributed by atoms with van der Waals surface area (Å²) in [6.07, 6.45) is 11.0. The van der Waals surface area contributed by atoms with E-state index in [1.54, 1.807) is 0 Å². The molecule has 8 heteroatoms. The average Bonchev–Trinajstić information content (AvgIpc) is 3.24. The molecule has 3 atom stereocenters. The van der Waals surface area contributed by atoms with Crippen molar-refractivity contribution in [1.29, 1.82) is 0 Å². The van der Waals surface area contributed by atoms with Crippen molar-refractivity contribution in [1.82, 2.24) is 14.7 Å². The predicted octanol–water partition coefficient (Wildman–Crippen LogP) is 6.25. The maximum absolute atomic E-state index is 14.4. The molecule has 222 valence electrons. The number of carbonyl (C=O) groups excluding carboxylic acids is 2. The van der Waals surface area contributed by atoms with Gasteiger partial charge in [-0.15, -0.1) is 0 Å². The van der Waals surface area contributed by atoms with Crippen LogP contribution in [-0.2, 0) is 9.53 Å². The number of benzene rings is 1. The lowest BCUT2D eigenvalue weighted by Gasteiger charge is -2.50. The van der Waals surface area contributed by atoms with E-state index >= 15 is 0 Å². The lowest BCUT2D eigenvalue weighted by molar-refractivity contribution is -0.138. The van der Waals surface area contributed by atoms with E-state index in [-0.39, 0.29) is 36.1 Å². The van der Waals surface area contributed by atoms with Gasteiger partial charge in [-0.3, -0.25) is 4.79 Å². The Morgan fingerprint density at radius 3 is 2.12 bits per heavy atom. The van der Waals surface area contributed by atoms with Gasteiger partial charge < -0.3 is 24.3 Å². The number of halogens is 1. The van der Waals surface area contributed by atoms with Crippen LogP contribution in [0.25, 0.3) is 0 Å². The number of amides is 3. The molecule has 40 heavy (non-hydrogen) atoms. The second-order valence-corrected chi connectivity index (χ2v) is 13.0. The number of rotatable bonds is 8. The zero-order chi connectivity index (χ0) is 28.3. The molecule has 7 nitrogen and oxygen atoms in total. The fourth-order valence-electron chi connectivity index (χ4n) is 8.00. The quantitative estimate of drug-likeness (QED) is 0.273. The molecule has 0 N–H and O–H groups in total. The van der Waals surface area contributed by atoms with Crippen LogP contribution in [0.2, 0.25) is 0 Å². The maximum atomic E-state index is 14.4. The molecule has 4 fully saturated rings. The van der Waals surface area contributed by atoms with E-state index in [2.05, 4.69) is 40.7 Å². The molecule has 2 bridgehead atoms. The van der Waals surface area contributed by atoms with Gasteiger partial charge in [0.25, 0.3) is 0 Å². The van der Waals surface area contributed by atoms with E-state index in [0.29, 0.717) is 32.1 Å². The highest BCUT2D eigenvalue weighted by Gasteiger charge is 2.50. The van der Waals surface area contributed by atoms with Crippen LogP contribution in [0.15, 0.2) is 30.3 Å². The summed E-state index contributed by atoms with van der Waals surface area (Å²) >= 11 is 7.31. The Labute approximate surface area is 246 Å². The van der Waals surface area contributed by atoms with Gasteiger partial charge in [-0.25, -0.2) is 4.79 Å². The van der Waals surface area contributed by atoms with E-state index in [4.69, 9.17) is 16.3 Å². The Morgan fingerprint density at radius 1 is 0.950 bits per heavy atom. The first-order valence-corrected chi connectivity index (χ1v) is 16.3. The molecule has 1 saturated carbocycles. The number of piperidine rings is 1. The van der Waals surface area contributed by atoms with Crippen LogP contribution in [0, 0.1) is 0 Å². The third-order valence-electron chi connectivity index (χ3n) is 10.0. The molecular weight excluding hydrogens is 524 g/mol. The number of alkyl halides is 1. The zero-order valence-electron chi connectivity index (χ0n) is 24.8. The lowest BCUT2D eigenvalue weighted by Crippen LogP contribution is -2.62. The molecule has 0 aromatic heterocycles. The number of nitrogens with zero attached hydrogens (tertiary/aromatic N) is 4. The fourth-order valence-corrected chi connectivity index (χ4v) is 8.40. The van der Waals surface area contributed by atoms with Crippen LogP contribution in [-0.4, -0.2) is 88.1 Å². The predicted molar refractivity (Wildman–Crippen MR) is 161 cm³/mol. The van der Waals surface area contributed by atoms with Crippen molar-refractivity contribution in [2.24, 2.45) is 0 Å². The molecule has 3 heterocycles. The fraction of sp³-hybridized carbons (Fsp3) is 0.750. The molecular formula is C32H49ClN4O3. The number of ether oxygens (including phenoxy) is 1. The summed E-state index contributed by atoms with van der Waals surface area (Å²) in [6, 6.07) is 10.8. The molecule has 2 unspecified atom stereocenters. The molecule has 4 aliphatic rings. The van der Waals surface area contributed by atoms with Gasteiger partial charge in [-0.1, -0.05) is 49.1 Å². The Kier molecular flexibility index (Phi) is 9.51. The van der Waals surface area contributed by atoms with Crippen molar-refractivity contribution in [3.05, 3.63) is 30.3 Å². The number of anilines is 1. The molecule has 0 spiro atoms. The Morgan fingerprint density at radius 2 is 1.55 bits per heavy atom. The first kappa shape index (κ1) is 29.5. The highest BCUT2D eigenvalue weighted by atomic mass is 35.5. The van der Waals surface area contributed by atoms with Gasteiger partial charge in [-0.05, 0) is 71.4 Å². The van der Waals surface area contributed by atoms with Crippen LogP contribution in [0.4, 0.5) is 10.5 Å². The van der Waals surface area contributed by atoms with E-state index < -0.39 is 5.00 Å². The van der Waals surface area contributed by atoms with Crippen molar-refractivity contribution in [2.45, 2.75) is 127 Å². The minimum atomic E-state index is -0.653. The molecule has 5 rings (SSSR count). The van der Waals surface area contributed by atoms with Gasteiger partial charge >= 0.3 is 6.03 Å². The Bertz CT molecular complexity index is 979. The van der Waals surface area contributed by atoms with Gasteiger partial charge in [0, 0.05) is 55.8 Å². The van der Waals surface area contributed by atoms with E-state index in [1.807, 2.05) is 30.0 Å². The number of carbonyl (C=O) groups is 2. The van der Waals surface area contributed by atoms with Crippen LogP contribution >= 0.6 is 11.6 Å². The highest BCUT2D eigenvalue weighted by Crippen LogP contribution is 2.43. The topological polar surface area (TPSA) is 56.3 Å². The molecule has 1 aromatic rings. The summed E-state index contributed by atoms with van der Waals surface area (Å²) in [5.74, 6) is 0.167. The van der Waals surface area contributed by atoms with Crippen LogP contribution in [0.3, 0.4) is 0 Å². The minimum absolute atomic E-state index is 0.167. The largest absolute Gasteiger partial charge is 0.381 e. The normalized spacial score (nSPS) is 27.2. The highest BCUT2D eigenvalue weighted by molar-refractivity contribution is 6.25. The number of hydrogen-bond acceptors (Lipinski definition) is 4. The molecule has 1 aliphatic carbocycles. The number of fused-ring (bicyclic) bond motifs is 2. The third kappa shape index (κ3) is 5.83. The summed E-state index contributed by atoms with van der Waals surface area (Å²) in [7, 11) is 0. The second kappa shape index (κ2) is 12.9. The van der Waals surface area contributed by atoms with Crippen molar-refractivity contribution >= 4 is 29.2 Å². The average molecular weight is 573 g/mol. The Balaban J connectivity index is 1.37. The summed E-state index contributed by atoms with van der Waals surface area (Å²) in [5.41, 5.74) is 0.982. The van der Waals surface area contributed by atoms with Crippen LogP contribution < -0.4 is 4.90 Å². The van der Waals surface area contributed by atoms with Gasteiger partial charge in [0.05, 0.1) is 13.2 Å². The SMILES string of the molecule is CCN(CC)C(=O)N(C1CCCCC1)C1CC2CCC(C1)N2C(=O)[C@H](C)N(c1ccccc1)C1(Cl)CCOCC1. The molecule has 0 radical (unpaired) electrons. The van der Waals surface area contributed by atoms with Crippen molar-refractivity contribution < 1.29 is 14.3 Å². The molecule has 3 saturated heterocycles. The smallest absolute Gasteiger partial charge is 0.320 e. The van der Waals surface area contributed by atoms with Crippen molar-refractivity contribution in [2.75, 3.05) is 31.2 Å². The van der Waals surface area contributed by atoms with Crippen molar-refractivity contribution in [3.63, 3.8) is 0 Å². The molecule has 1 aromatic carbocycles. The van der Waals surface area contributed by atoms with E-state index in [9.17, 15) is 9.59 Å². The number of urea groups is 1. The Hall–Kier alpha value is -1.99. The number of para-hydroxylation sites is 1. The van der Waals surface area contributed by atoms with Crippen LogP contribution in [0.1, 0.15) is 91.4 Å². The van der Waals surface area contributed by atoms with Gasteiger partial charge in [0.15, 0.2) is 0 Å². The third-order valence-corrected chi connectivity index (χ3v) is 10.6. The van der Waals surface area contributed by atoms with Gasteiger partial charge in [0.2, 0.25) is 5.91 Å². The first-order valence-electron chi connectivity index (χ1n) is 15.9. The van der Waals surface area contributed by atoms with Crippen LogP contribution in [0.5, 0.6) is 0 Å². The standard InChI is InChI=1S/C32H49ClN4O3/c1-4-34(5-2)31(39)36(25-12-8-6-9-13-25)29-22-27-16-17-28(23-29)35(27)30(38)24(3)37(26-14-10-7-11-15-26)32(33)18-20-40-21-19-32/h7,10-11,14-15,24-25,27-29H,4-6,8-9,12-13,16-23H2,1-3H3/t24-,27?,28?,29?/m0/s1. The summed E-state index contributed by atoms with van der Waals surface area (Å²) in [5, 5.41) is 0. The second-order valence-electron chi connectivity index (χ2n) is 12.3. The summed E-state index contributed by atoms with van der Waals surface area (Å²) < 4.78 is 5.65. The first-order chi connectivity index (χ1) is 19.4. The minimum Gasteiger partial charge on any atom is -0.381 e. The number of hydrogen-bond donors (Lipinski definition) is 0. The van der Waals surface area contributed by atoms with Gasteiger partial charge in [0.1, 0.15) is 11.0 Å². The maximum Gasteiger partial charge on any atom is 0.320 e. The summed E-state index contributed by atoms with van der Waals surface area (Å²) in [6.45, 7) is 8.85. The van der Waals surface area contributed by atoms with E-state index in [0.717, 1.165) is 57.3 Å². The lowest BCUT2D eigenvalue weighted by atomic mass is 9.89. The summed E-state index contributed by atoms with van der Waals surface area (Å²) in [4.78, 5) is 36.2. The molecule has 3 amide bonds. The zero-order valence-corrected chi connectivity index (χ0v) is 25.5. The van der Waals surface area contributed by atoms with E-state index in [1.165, 1.54) is 19.3 Å². The van der Waals surface area contributed by atoms with Crippen molar-refractivity contribution in [3.8, 4) is 0 Å². The van der Waals surface area contributed by atoms with Gasteiger partial charge in [-0.2, -0.15) is 0 Å². The molecule has 3 aliphatic heterocycles. The monoisotopic (exact) mass is 572 g/mol.